The van der Waals surface area contributed by atoms with Crippen LogP contribution in [-0.2, 0) is 0 Å². The number of benzene rings is 2. The lowest BCUT2D eigenvalue weighted by molar-refractivity contribution is 0.743. The lowest BCUT2D eigenvalue weighted by Gasteiger charge is -2.17. The van der Waals surface area contributed by atoms with E-state index >= 15 is 0 Å². The fraction of sp³-hybridized carbons (Fsp3) is 0.176. The molecular weight excluding hydrogens is 254 g/mol. The molecule has 1 atom stereocenters. The minimum absolute atomic E-state index is 0.0351. The van der Waals surface area contributed by atoms with Gasteiger partial charge in [0, 0.05) is 11.1 Å². The maximum atomic E-state index is 6.23. The second kappa shape index (κ2) is 6.05. The molecule has 0 saturated heterocycles. The predicted octanol–water partition coefficient (Wildman–Crippen LogP) is 4.89. The quantitative estimate of drug-likeness (QED) is 0.787. The third kappa shape index (κ3) is 2.89. The molecule has 2 aromatic rings. The molecule has 0 bridgehead atoms. The Labute approximate surface area is 119 Å². The van der Waals surface area contributed by atoms with Crippen molar-refractivity contribution in [2.24, 2.45) is 5.73 Å². The molecule has 0 amide bonds. The van der Waals surface area contributed by atoms with Crippen molar-refractivity contribution in [2.75, 3.05) is 0 Å². The monoisotopic (exact) mass is 271 g/mol. The molecule has 0 aliphatic heterocycles. The van der Waals surface area contributed by atoms with E-state index in [2.05, 4.69) is 24.8 Å². The molecule has 0 spiro atoms. The molecule has 1 nitrogen and oxygen atoms in total. The molecule has 0 aliphatic carbocycles. The Bertz CT molecular complexity index is 590. The average Bonchev–Trinajstić information content (AvgIpc) is 2.42. The van der Waals surface area contributed by atoms with Crippen molar-refractivity contribution < 1.29 is 0 Å². The van der Waals surface area contributed by atoms with Gasteiger partial charge in [-0.3, -0.25) is 0 Å². The Morgan fingerprint density at radius 3 is 2.58 bits per heavy atom. The summed E-state index contributed by atoms with van der Waals surface area (Å²) in [6.07, 6.45) is 2.61. The molecule has 0 saturated carbocycles. The third-order valence-corrected chi connectivity index (χ3v) is 3.75. The van der Waals surface area contributed by atoms with E-state index in [4.69, 9.17) is 17.3 Å². The van der Waals surface area contributed by atoms with E-state index in [1.54, 1.807) is 0 Å². The van der Waals surface area contributed by atoms with Crippen LogP contribution in [0.25, 0.3) is 11.1 Å². The van der Waals surface area contributed by atoms with Gasteiger partial charge in [0.05, 0.1) is 0 Å². The first-order chi connectivity index (χ1) is 9.15. The summed E-state index contributed by atoms with van der Waals surface area (Å²) >= 11 is 6.21. The second-order valence-corrected chi connectivity index (χ2v) is 5.04. The van der Waals surface area contributed by atoms with E-state index in [9.17, 15) is 0 Å². The van der Waals surface area contributed by atoms with Crippen LogP contribution in [-0.4, -0.2) is 0 Å². The molecule has 2 N–H and O–H groups in total. The lowest BCUT2D eigenvalue weighted by atomic mass is 9.91. The van der Waals surface area contributed by atoms with Crippen LogP contribution < -0.4 is 5.73 Å². The molecule has 19 heavy (non-hydrogen) atoms. The summed E-state index contributed by atoms with van der Waals surface area (Å²) in [6.45, 7) is 5.79. The van der Waals surface area contributed by atoms with E-state index in [-0.39, 0.29) is 6.04 Å². The Morgan fingerprint density at radius 1 is 1.16 bits per heavy atom. The van der Waals surface area contributed by atoms with E-state index in [1.807, 2.05) is 37.3 Å². The van der Waals surface area contributed by atoms with Gasteiger partial charge in [0.15, 0.2) is 0 Å². The molecule has 2 heteroatoms. The van der Waals surface area contributed by atoms with Crippen molar-refractivity contribution in [1.29, 1.82) is 0 Å². The van der Waals surface area contributed by atoms with Gasteiger partial charge >= 0.3 is 0 Å². The minimum Gasteiger partial charge on any atom is -0.324 e. The minimum atomic E-state index is -0.0351. The molecule has 0 aliphatic rings. The van der Waals surface area contributed by atoms with Gasteiger partial charge in [-0.2, -0.15) is 0 Å². The zero-order chi connectivity index (χ0) is 13.8. The molecular formula is C17H18ClN. The Hall–Kier alpha value is -1.57. The average molecular weight is 272 g/mol. The molecule has 98 valence electrons. The van der Waals surface area contributed by atoms with Crippen molar-refractivity contribution in [2.45, 2.75) is 19.4 Å². The van der Waals surface area contributed by atoms with Gasteiger partial charge in [-0.05, 0) is 41.7 Å². The first kappa shape index (κ1) is 13.9. The number of nitrogens with two attached hydrogens (primary N) is 1. The molecule has 2 rings (SSSR count). The lowest BCUT2D eigenvalue weighted by Crippen LogP contribution is -2.10. The topological polar surface area (TPSA) is 26.0 Å². The van der Waals surface area contributed by atoms with Crippen molar-refractivity contribution in [3.05, 3.63) is 71.3 Å². The van der Waals surface area contributed by atoms with Crippen LogP contribution in [0.2, 0.25) is 5.02 Å². The van der Waals surface area contributed by atoms with E-state index in [0.29, 0.717) is 0 Å². The Morgan fingerprint density at radius 2 is 1.84 bits per heavy atom. The van der Waals surface area contributed by atoms with Crippen LogP contribution in [0.15, 0.2) is 55.1 Å². The van der Waals surface area contributed by atoms with Gasteiger partial charge < -0.3 is 5.73 Å². The van der Waals surface area contributed by atoms with Crippen LogP contribution >= 0.6 is 11.6 Å². The summed E-state index contributed by atoms with van der Waals surface area (Å²) in [7, 11) is 0. The van der Waals surface area contributed by atoms with Crippen LogP contribution in [0.5, 0.6) is 0 Å². The normalized spacial score (nSPS) is 12.2. The first-order valence-corrected chi connectivity index (χ1v) is 6.74. The maximum absolute atomic E-state index is 6.23. The summed E-state index contributed by atoms with van der Waals surface area (Å²) < 4.78 is 0. The van der Waals surface area contributed by atoms with Gasteiger partial charge in [0.25, 0.3) is 0 Å². The van der Waals surface area contributed by atoms with Crippen molar-refractivity contribution in [3.8, 4) is 11.1 Å². The molecule has 2 aromatic carbocycles. The van der Waals surface area contributed by atoms with Crippen LogP contribution in [0, 0.1) is 6.92 Å². The van der Waals surface area contributed by atoms with Crippen LogP contribution in [0.3, 0.4) is 0 Å². The zero-order valence-electron chi connectivity index (χ0n) is 11.1. The fourth-order valence-corrected chi connectivity index (χ4v) is 2.45. The number of hydrogen-bond acceptors (Lipinski definition) is 1. The summed E-state index contributed by atoms with van der Waals surface area (Å²) in [5.74, 6) is 0. The van der Waals surface area contributed by atoms with Crippen LogP contribution in [0.1, 0.15) is 23.6 Å². The highest BCUT2D eigenvalue weighted by molar-refractivity contribution is 6.31. The molecule has 1 unspecified atom stereocenters. The molecule has 0 radical (unpaired) electrons. The smallest absolute Gasteiger partial charge is 0.0441 e. The summed E-state index contributed by atoms with van der Waals surface area (Å²) in [6, 6.07) is 14.1. The zero-order valence-corrected chi connectivity index (χ0v) is 11.8. The third-order valence-electron chi connectivity index (χ3n) is 3.34. The van der Waals surface area contributed by atoms with Gasteiger partial charge in [-0.1, -0.05) is 54.1 Å². The number of hydrogen-bond donors (Lipinski definition) is 1. The van der Waals surface area contributed by atoms with E-state index < -0.39 is 0 Å². The summed E-state index contributed by atoms with van der Waals surface area (Å²) in [5.41, 5.74) is 10.7. The Kier molecular flexibility index (Phi) is 4.41. The van der Waals surface area contributed by atoms with Crippen molar-refractivity contribution >= 4 is 11.6 Å². The summed E-state index contributed by atoms with van der Waals surface area (Å²) in [5, 5.41) is 0.782. The van der Waals surface area contributed by atoms with E-state index in [1.165, 1.54) is 0 Å². The van der Waals surface area contributed by atoms with Gasteiger partial charge in [0.1, 0.15) is 0 Å². The number of rotatable bonds is 4. The summed E-state index contributed by atoms with van der Waals surface area (Å²) in [4.78, 5) is 0. The Balaban J connectivity index is 2.56. The van der Waals surface area contributed by atoms with E-state index in [0.717, 1.165) is 33.7 Å². The maximum Gasteiger partial charge on any atom is 0.0441 e. The van der Waals surface area contributed by atoms with Gasteiger partial charge in [0.2, 0.25) is 0 Å². The molecule has 0 aromatic heterocycles. The standard InChI is InChI=1S/C17H18ClN/c1-3-7-17(19)15-9-5-4-8-14(15)13-10-6-11-16(18)12(13)2/h3-6,8-11,17H,1,7,19H2,2H3. The highest BCUT2D eigenvalue weighted by Gasteiger charge is 2.13. The van der Waals surface area contributed by atoms with Gasteiger partial charge in [-0.15, -0.1) is 6.58 Å². The largest absolute Gasteiger partial charge is 0.324 e. The SMILES string of the molecule is C=CCC(N)c1ccccc1-c1cccc(Cl)c1C. The molecule has 0 fully saturated rings. The first-order valence-electron chi connectivity index (χ1n) is 6.36. The molecule has 0 heterocycles. The highest BCUT2D eigenvalue weighted by atomic mass is 35.5. The predicted molar refractivity (Wildman–Crippen MR) is 83.4 cm³/mol. The van der Waals surface area contributed by atoms with Gasteiger partial charge in [-0.25, -0.2) is 0 Å². The van der Waals surface area contributed by atoms with Crippen molar-refractivity contribution in [3.63, 3.8) is 0 Å². The fourth-order valence-electron chi connectivity index (χ4n) is 2.27. The van der Waals surface area contributed by atoms with Crippen LogP contribution in [0.4, 0.5) is 0 Å². The van der Waals surface area contributed by atoms with Crippen molar-refractivity contribution in [1.82, 2.24) is 0 Å². The highest BCUT2D eigenvalue weighted by Crippen LogP contribution is 2.33. The second-order valence-electron chi connectivity index (χ2n) is 4.63. The number of halogens is 1.